The molecule has 2 rings (SSSR count). The molecule has 1 amide bonds. The Kier molecular flexibility index (Phi) is 4.93. The van der Waals surface area contributed by atoms with Crippen molar-refractivity contribution >= 4 is 22.9 Å². The molecule has 108 valence electrons. The largest absolute Gasteiger partial charge is 0.494 e. The lowest BCUT2D eigenvalue weighted by Crippen LogP contribution is -2.12. The summed E-state index contributed by atoms with van der Waals surface area (Å²) >= 11 is 1.23. The van der Waals surface area contributed by atoms with Crippen molar-refractivity contribution in [2.75, 3.05) is 19.0 Å². The van der Waals surface area contributed by atoms with Crippen molar-refractivity contribution in [2.24, 2.45) is 0 Å². The number of halogens is 1. The van der Waals surface area contributed by atoms with Crippen molar-refractivity contribution in [3.63, 3.8) is 0 Å². The van der Waals surface area contributed by atoms with Gasteiger partial charge in [0.15, 0.2) is 0 Å². The molecule has 1 aromatic heterocycles. The zero-order valence-corrected chi connectivity index (χ0v) is 12.0. The summed E-state index contributed by atoms with van der Waals surface area (Å²) in [6, 6.07) is 5.55. The minimum atomic E-state index is -0.449. The number of thiophene rings is 1. The zero-order valence-electron chi connectivity index (χ0n) is 11.1. The molecule has 0 radical (unpaired) electrons. The Morgan fingerprint density at radius 2 is 2.29 bits per heavy atom. The number of hydrogen-bond donors (Lipinski definition) is 2. The van der Waals surface area contributed by atoms with Crippen molar-refractivity contribution in [3.05, 3.63) is 45.9 Å². The van der Waals surface area contributed by atoms with E-state index in [4.69, 9.17) is 9.84 Å². The van der Waals surface area contributed by atoms with E-state index in [1.165, 1.54) is 36.6 Å². The van der Waals surface area contributed by atoms with E-state index in [1.807, 2.05) is 0 Å². The van der Waals surface area contributed by atoms with Gasteiger partial charge in [-0.15, -0.1) is 11.3 Å². The first-order valence-electron chi connectivity index (χ1n) is 5.98. The van der Waals surface area contributed by atoms with Crippen molar-refractivity contribution in [1.82, 2.24) is 0 Å². The summed E-state index contributed by atoms with van der Waals surface area (Å²) in [5, 5.41) is 13.1. The van der Waals surface area contributed by atoms with E-state index in [0.717, 1.165) is 0 Å². The van der Waals surface area contributed by atoms with E-state index in [1.54, 1.807) is 11.4 Å². The normalized spacial score (nSPS) is 9.67. The first kappa shape index (κ1) is 15.0. The van der Waals surface area contributed by atoms with E-state index in [2.05, 4.69) is 17.2 Å². The lowest BCUT2D eigenvalue weighted by atomic mass is 10.2. The van der Waals surface area contributed by atoms with E-state index in [-0.39, 0.29) is 18.3 Å². The molecule has 0 bridgehead atoms. The highest BCUT2D eigenvalue weighted by atomic mass is 32.1. The third-order valence-electron chi connectivity index (χ3n) is 2.59. The van der Waals surface area contributed by atoms with Crippen LogP contribution >= 0.6 is 11.3 Å². The maximum atomic E-state index is 13.1. The summed E-state index contributed by atoms with van der Waals surface area (Å²) in [6.07, 6.45) is 0. The van der Waals surface area contributed by atoms with Gasteiger partial charge in [-0.3, -0.25) is 4.79 Å². The van der Waals surface area contributed by atoms with Gasteiger partial charge in [-0.25, -0.2) is 4.39 Å². The van der Waals surface area contributed by atoms with Crippen molar-refractivity contribution in [3.8, 4) is 17.6 Å². The lowest BCUT2D eigenvalue weighted by molar-refractivity contribution is 0.103. The number of nitrogens with one attached hydrogen (secondary N) is 1. The van der Waals surface area contributed by atoms with Crippen LogP contribution < -0.4 is 10.1 Å². The van der Waals surface area contributed by atoms with E-state index in [9.17, 15) is 9.18 Å². The summed E-state index contributed by atoms with van der Waals surface area (Å²) in [5.41, 5.74) is 0.908. The highest BCUT2D eigenvalue weighted by molar-refractivity contribution is 7.12. The Hall–Kier alpha value is -2.36. The van der Waals surface area contributed by atoms with Gasteiger partial charge in [-0.05, 0) is 23.6 Å². The third kappa shape index (κ3) is 3.60. The van der Waals surface area contributed by atoms with Crippen LogP contribution in [0.4, 0.5) is 10.1 Å². The molecule has 2 aromatic rings. The molecule has 0 atom stereocenters. The molecule has 0 fully saturated rings. The smallest absolute Gasteiger partial charge is 0.267 e. The maximum absolute atomic E-state index is 13.1. The molecule has 0 unspecified atom stereocenters. The number of ether oxygens (including phenoxy) is 1. The second-order valence-electron chi connectivity index (χ2n) is 3.92. The van der Waals surface area contributed by atoms with Crippen LogP contribution in [0.1, 0.15) is 15.2 Å². The standard InChI is InChI=1S/C15H12FNO3S/c1-20-13-9-11(16)4-5-12(13)17-15(19)14-10(3-2-7-18)6-8-21-14/h4-6,8-9,18H,7H2,1H3,(H,17,19). The topological polar surface area (TPSA) is 58.6 Å². The van der Waals surface area contributed by atoms with Gasteiger partial charge in [0.2, 0.25) is 0 Å². The molecular weight excluding hydrogens is 293 g/mol. The van der Waals surface area contributed by atoms with Crippen molar-refractivity contribution < 1.29 is 19.0 Å². The molecule has 2 N–H and O–H groups in total. The van der Waals surface area contributed by atoms with Gasteiger partial charge < -0.3 is 15.2 Å². The van der Waals surface area contributed by atoms with Gasteiger partial charge in [-0.1, -0.05) is 11.8 Å². The fourth-order valence-electron chi connectivity index (χ4n) is 1.67. The van der Waals surface area contributed by atoms with Gasteiger partial charge in [0, 0.05) is 11.6 Å². The minimum Gasteiger partial charge on any atom is -0.494 e. The molecule has 6 heteroatoms. The molecule has 1 aromatic carbocycles. The molecule has 0 saturated heterocycles. The number of aliphatic hydroxyl groups is 1. The Bertz CT molecular complexity index is 715. The number of benzene rings is 1. The summed E-state index contributed by atoms with van der Waals surface area (Å²) in [4.78, 5) is 12.7. The number of carbonyl (C=O) groups excluding carboxylic acids is 1. The fourth-order valence-corrected chi connectivity index (χ4v) is 2.41. The number of hydrogen-bond acceptors (Lipinski definition) is 4. The number of methoxy groups -OCH3 is 1. The maximum Gasteiger partial charge on any atom is 0.267 e. The molecule has 4 nitrogen and oxygen atoms in total. The van der Waals surface area contributed by atoms with Crippen molar-refractivity contribution in [1.29, 1.82) is 0 Å². The quantitative estimate of drug-likeness (QED) is 0.857. The Labute approximate surface area is 125 Å². The van der Waals surface area contributed by atoms with Crippen molar-refractivity contribution in [2.45, 2.75) is 0 Å². The Balaban J connectivity index is 2.25. The summed E-state index contributed by atoms with van der Waals surface area (Å²) < 4.78 is 18.1. The second kappa shape index (κ2) is 6.88. The van der Waals surface area contributed by atoms with Crippen LogP contribution in [-0.4, -0.2) is 24.7 Å². The number of amides is 1. The molecule has 1 heterocycles. The average Bonchev–Trinajstić information content (AvgIpc) is 2.95. The lowest BCUT2D eigenvalue weighted by Gasteiger charge is -2.09. The van der Waals surface area contributed by atoms with Gasteiger partial charge in [0.25, 0.3) is 5.91 Å². The second-order valence-corrected chi connectivity index (χ2v) is 4.84. The first-order chi connectivity index (χ1) is 10.2. The van der Waals surface area contributed by atoms with E-state index >= 15 is 0 Å². The van der Waals surface area contributed by atoms with Gasteiger partial charge >= 0.3 is 0 Å². The minimum absolute atomic E-state index is 0.239. The average molecular weight is 305 g/mol. The Morgan fingerprint density at radius 3 is 3.00 bits per heavy atom. The van der Waals surface area contributed by atoms with Crippen LogP contribution in [-0.2, 0) is 0 Å². The van der Waals surface area contributed by atoms with Crippen LogP contribution in [0.25, 0.3) is 0 Å². The monoisotopic (exact) mass is 305 g/mol. The molecule has 21 heavy (non-hydrogen) atoms. The summed E-state index contributed by atoms with van der Waals surface area (Å²) in [5.74, 6) is 4.63. The van der Waals surface area contributed by atoms with Gasteiger partial charge in [0.05, 0.1) is 12.8 Å². The zero-order chi connectivity index (χ0) is 15.2. The molecule has 0 spiro atoms. The van der Waals surface area contributed by atoms with Crippen LogP contribution in [0.2, 0.25) is 0 Å². The van der Waals surface area contributed by atoms with Gasteiger partial charge in [0.1, 0.15) is 23.1 Å². The summed E-state index contributed by atoms with van der Waals surface area (Å²) in [6.45, 7) is -0.275. The molecule has 0 aliphatic heterocycles. The van der Waals surface area contributed by atoms with Crippen LogP contribution in [0.5, 0.6) is 5.75 Å². The van der Waals surface area contributed by atoms with Gasteiger partial charge in [-0.2, -0.15) is 0 Å². The molecule has 0 saturated carbocycles. The molecular formula is C15H12FNO3S. The van der Waals surface area contributed by atoms with Crippen LogP contribution in [0, 0.1) is 17.7 Å². The van der Waals surface area contributed by atoms with E-state index < -0.39 is 5.82 Å². The third-order valence-corrected chi connectivity index (χ3v) is 3.50. The number of rotatable bonds is 3. The number of aliphatic hydroxyl groups excluding tert-OH is 1. The highest BCUT2D eigenvalue weighted by Crippen LogP contribution is 2.26. The SMILES string of the molecule is COc1cc(F)ccc1NC(=O)c1sccc1C#CCO. The highest BCUT2D eigenvalue weighted by Gasteiger charge is 2.14. The van der Waals surface area contributed by atoms with E-state index in [0.29, 0.717) is 16.1 Å². The molecule has 0 aliphatic rings. The van der Waals surface area contributed by atoms with Crippen LogP contribution in [0.15, 0.2) is 29.6 Å². The predicted molar refractivity (Wildman–Crippen MR) is 79.2 cm³/mol. The summed E-state index contributed by atoms with van der Waals surface area (Å²) in [7, 11) is 1.40. The Morgan fingerprint density at radius 1 is 1.48 bits per heavy atom. The van der Waals surface area contributed by atoms with Crippen LogP contribution in [0.3, 0.4) is 0 Å². The number of anilines is 1. The predicted octanol–water partition coefficient (Wildman–Crippen LogP) is 2.49. The fraction of sp³-hybridized carbons (Fsp3) is 0.133. The number of carbonyl (C=O) groups is 1. The first-order valence-corrected chi connectivity index (χ1v) is 6.85. The molecule has 0 aliphatic carbocycles.